The summed E-state index contributed by atoms with van der Waals surface area (Å²) >= 11 is 11.1. The minimum absolute atomic E-state index is 0.801. The van der Waals surface area contributed by atoms with E-state index in [9.17, 15) is 0 Å². The molecule has 0 radical (unpaired) electrons. The molecule has 0 saturated carbocycles. The van der Waals surface area contributed by atoms with Gasteiger partial charge in [0.25, 0.3) is 0 Å². The molecule has 0 amide bonds. The molecule has 0 atom stereocenters. The van der Waals surface area contributed by atoms with Crippen molar-refractivity contribution in [3.63, 3.8) is 0 Å². The van der Waals surface area contributed by atoms with Gasteiger partial charge in [0.2, 0.25) is 0 Å². The van der Waals surface area contributed by atoms with Crippen molar-refractivity contribution >= 4 is 36.6 Å². The summed E-state index contributed by atoms with van der Waals surface area (Å²) in [5.41, 5.74) is 0. The van der Waals surface area contributed by atoms with Crippen molar-refractivity contribution in [2.75, 3.05) is 0 Å². The molecular formula is C4H2BrClSZn. The molecule has 1 aromatic heterocycles. The van der Waals surface area contributed by atoms with Gasteiger partial charge in [0.05, 0.1) is 0 Å². The summed E-state index contributed by atoms with van der Waals surface area (Å²) in [5.74, 6) is 0. The quantitative estimate of drug-likeness (QED) is 0.498. The molecule has 0 nitrogen and oxygen atoms in total. The van der Waals surface area contributed by atoms with Gasteiger partial charge in [-0.05, 0) is 0 Å². The standard InChI is InChI=1S/C4H2ClS.BrH.Zn/c5-4-2-1-3-6-4;;/h1-2H;1H;/q-1;;+2/p-1. The first-order valence-electron chi connectivity index (χ1n) is 1.78. The van der Waals surface area contributed by atoms with Gasteiger partial charge in [-0.25, -0.2) is 0 Å². The topological polar surface area (TPSA) is 0 Å². The van der Waals surface area contributed by atoms with E-state index in [2.05, 4.69) is 19.0 Å². The zero-order valence-electron chi connectivity index (χ0n) is 4.03. The predicted octanol–water partition coefficient (Wildman–Crippen LogP) is 3.04. The third-order valence-corrected chi connectivity index (χ3v) is 1.38. The van der Waals surface area contributed by atoms with Gasteiger partial charge in [0.1, 0.15) is 0 Å². The Morgan fingerprint density at radius 3 is 2.50 bits per heavy atom. The van der Waals surface area contributed by atoms with Gasteiger partial charge in [0, 0.05) is 0 Å². The molecule has 1 aromatic rings. The molecule has 1 heterocycles. The van der Waals surface area contributed by atoms with Gasteiger partial charge in [-0.3, -0.25) is 11.3 Å². The summed E-state index contributed by atoms with van der Waals surface area (Å²) in [6.45, 7) is 0. The fourth-order valence-electron chi connectivity index (χ4n) is 0.224. The van der Waals surface area contributed by atoms with E-state index in [1.807, 2.05) is 6.07 Å². The number of thiophene rings is 1. The minimum atomic E-state index is 0.801. The predicted molar refractivity (Wildman–Crippen MR) is 37.1 cm³/mol. The molecule has 0 saturated heterocycles. The zero-order valence-corrected chi connectivity index (χ0v) is 10.2. The molecular weight excluding hydrogens is 261 g/mol. The van der Waals surface area contributed by atoms with Gasteiger partial charge in [-0.2, -0.15) is 23.7 Å². The second kappa shape index (κ2) is 6.22. The Bertz CT molecular complexity index is 120. The van der Waals surface area contributed by atoms with Crippen LogP contribution >= 0.6 is 36.6 Å². The van der Waals surface area contributed by atoms with E-state index in [-0.39, 0.29) is 0 Å². The van der Waals surface area contributed by atoms with Crippen LogP contribution in [-0.2, 0) is 16.3 Å². The molecule has 0 aliphatic heterocycles. The number of rotatable bonds is 0. The number of hydrogen-bond donors (Lipinski definition) is 0. The van der Waals surface area contributed by atoms with Crippen molar-refractivity contribution in [3.05, 3.63) is 21.8 Å². The van der Waals surface area contributed by atoms with Crippen LogP contribution in [0.25, 0.3) is 0 Å². The summed E-state index contributed by atoms with van der Waals surface area (Å²) in [6, 6.07) is 3.61. The van der Waals surface area contributed by atoms with Crippen molar-refractivity contribution in [3.8, 4) is 0 Å². The van der Waals surface area contributed by atoms with E-state index >= 15 is 0 Å². The van der Waals surface area contributed by atoms with E-state index < -0.39 is 0 Å². The van der Waals surface area contributed by atoms with E-state index in [1.165, 1.54) is 27.7 Å². The van der Waals surface area contributed by atoms with Gasteiger partial charge in [0.15, 0.2) is 0 Å². The molecule has 0 aliphatic carbocycles. The van der Waals surface area contributed by atoms with Crippen LogP contribution in [0.4, 0.5) is 0 Å². The zero-order chi connectivity index (χ0) is 6.41. The average molecular weight is 263 g/mol. The van der Waals surface area contributed by atoms with Crippen molar-refractivity contribution in [1.29, 1.82) is 0 Å². The summed E-state index contributed by atoms with van der Waals surface area (Å²) in [5, 5.41) is 2.84. The third-order valence-electron chi connectivity index (χ3n) is 0.439. The van der Waals surface area contributed by atoms with E-state index in [4.69, 9.17) is 11.6 Å². The Morgan fingerprint density at radius 2 is 2.38 bits per heavy atom. The van der Waals surface area contributed by atoms with Gasteiger partial charge in [-0.1, -0.05) is 4.34 Å². The number of hydrogen-bond acceptors (Lipinski definition) is 1. The maximum absolute atomic E-state index is 5.44. The summed E-state index contributed by atoms with van der Waals surface area (Å²) < 4.78 is 0.801. The first-order chi connectivity index (χ1) is 3.89. The third kappa shape index (κ3) is 4.02. The van der Waals surface area contributed by atoms with Crippen LogP contribution in [0.1, 0.15) is 0 Å². The molecule has 1 rings (SSSR count). The number of halogens is 2. The molecule has 0 N–H and O–H groups in total. The van der Waals surface area contributed by atoms with Crippen LogP contribution in [0, 0.1) is 5.38 Å². The summed E-state index contributed by atoms with van der Waals surface area (Å²) in [7, 11) is 0. The molecule has 4 heteroatoms. The Balaban J connectivity index is 0.000000222. The first-order valence-corrected chi connectivity index (χ1v) is 9.92. The molecule has 0 bridgehead atoms. The second-order valence-corrected chi connectivity index (χ2v) is 2.37. The second-order valence-electron chi connectivity index (χ2n) is 0.857. The van der Waals surface area contributed by atoms with Crippen molar-refractivity contribution in [1.82, 2.24) is 0 Å². The Kier molecular flexibility index (Phi) is 7.07. The molecule has 0 unspecified atom stereocenters. The molecule has 0 aliphatic rings. The van der Waals surface area contributed by atoms with Gasteiger partial charge < -0.3 is 0 Å². The molecule has 0 spiro atoms. The fraction of sp³-hybridized carbons (Fsp3) is 0. The van der Waals surface area contributed by atoms with Crippen molar-refractivity contribution < 1.29 is 16.3 Å². The average Bonchev–Trinajstić information content (AvgIpc) is 2.24. The van der Waals surface area contributed by atoms with Crippen LogP contribution in [0.3, 0.4) is 0 Å². The van der Waals surface area contributed by atoms with E-state index in [0.717, 1.165) is 4.34 Å². The van der Waals surface area contributed by atoms with Crippen molar-refractivity contribution in [2.24, 2.45) is 0 Å². The van der Waals surface area contributed by atoms with Crippen LogP contribution in [0.2, 0.25) is 4.34 Å². The first kappa shape index (κ1) is 9.09. The van der Waals surface area contributed by atoms with Gasteiger partial charge in [-0.15, -0.1) is 5.38 Å². The monoisotopic (exact) mass is 260 g/mol. The maximum atomic E-state index is 5.44. The summed E-state index contributed by atoms with van der Waals surface area (Å²) in [4.78, 5) is 0. The molecule has 0 aromatic carbocycles. The Hall–Kier alpha value is 1.09. The Morgan fingerprint density at radius 1 is 1.75 bits per heavy atom. The molecule has 8 heavy (non-hydrogen) atoms. The van der Waals surface area contributed by atoms with E-state index in [1.54, 1.807) is 6.07 Å². The van der Waals surface area contributed by atoms with E-state index in [0.29, 0.717) is 0 Å². The molecule has 0 fully saturated rings. The van der Waals surface area contributed by atoms with Crippen LogP contribution < -0.4 is 0 Å². The SMILES string of the molecule is Clc1cc[c-]s1.[Zn+][Br]. The Labute approximate surface area is 74.3 Å². The summed E-state index contributed by atoms with van der Waals surface area (Å²) in [6.07, 6.45) is 0. The van der Waals surface area contributed by atoms with Crippen LogP contribution in [-0.4, -0.2) is 0 Å². The fourth-order valence-corrected chi connectivity index (χ4v) is 0.805. The van der Waals surface area contributed by atoms with Crippen LogP contribution in [0.15, 0.2) is 12.1 Å². The van der Waals surface area contributed by atoms with Crippen molar-refractivity contribution in [2.45, 2.75) is 0 Å². The normalized spacial score (nSPS) is 7.50. The van der Waals surface area contributed by atoms with Crippen LogP contribution in [0.5, 0.6) is 0 Å². The molecule has 40 valence electrons. The van der Waals surface area contributed by atoms with Gasteiger partial charge >= 0.3 is 30.0 Å².